The van der Waals surface area contributed by atoms with Crippen LogP contribution in [0.3, 0.4) is 0 Å². The third kappa shape index (κ3) is 7.32. The molecule has 1 rings (SSSR count). The number of likely N-dealkylation sites (N-methyl/N-ethyl adjacent to an activating group) is 1. The fraction of sp³-hybridized carbons (Fsp3) is 0.842. The number of hydroxylamine groups is 1. The van der Waals surface area contributed by atoms with E-state index in [1.54, 1.807) is 17.4 Å². The van der Waals surface area contributed by atoms with E-state index in [4.69, 9.17) is 5.21 Å². The van der Waals surface area contributed by atoms with Gasteiger partial charge in [-0.05, 0) is 18.8 Å². The summed E-state index contributed by atoms with van der Waals surface area (Å²) in [5.41, 5.74) is 1.60. The quantitative estimate of drug-likeness (QED) is 0.523. The molecule has 7 heteroatoms. The first-order chi connectivity index (χ1) is 12.4. The zero-order valence-electron chi connectivity index (χ0n) is 16.4. The smallest absolute Gasteiger partial charge is 0.245 e. The number of hydrogen-bond donors (Lipinski definition) is 3. The molecule has 0 aromatic rings. The molecule has 0 saturated carbocycles. The predicted octanol–water partition coefficient (Wildman–Crippen LogP) is 2.23. The number of nitrogens with zero attached hydrogens (tertiary/aromatic N) is 1. The van der Waals surface area contributed by atoms with Crippen molar-refractivity contribution in [2.24, 2.45) is 11.8 Å². The van der Waals surface area contributed by atoms with Crippen LogP contribution in [0.4, 0.5) is 0 Å². The zero-order chi connectivity index (χ0) is 19.5. The molecule has 3 unspecified atom stereocenters. The van der Waals surface area contributed by atoms with Gasteiger partial charge in [-0.2, -0.15) is 0 Å². The van der Waals surface area contributed by atoms with Crippen LogP contribution in [0.2, 0.25) is 0 Å². The fourth-order valence-corrected chi connectivity index (χ4v) is 3.34. The fourth-order valence-electron chi connectivity index (χ4n) is 3.34. The Hall–Kier alpha value is -1.63. The minimum atomic E-state index is -0.583. The van der Waals surface area contributed by atoms with E-state index in [1.165, 1.54) is 0 Å². The molecule has 0 aliphatic carbocycles. The Balaban J connectivity index is 2.95. The molecule has 0 spiro atoms. The molecule has 3 amide bonds. The molecule has 150 valence electrons. The van der Waals surface area contributed by atoms with Crippen molar-refractivity contribution < 1.29 is 19.6 Å². The second-order valence-corrected chi connectivity index (χ2v) is 7.48. The maximum Gasteiger partial charge on any atom is 0.245 e. The Labute approximate surface area is 156 Å². The van der Waals surface area contributed by atoms with Gasteiger partial charge >= 0.3 is 0 Å². The monoisotopic (exact) mass is 369 g/mol. The van der Waals surface area contributed by atoms with Crippen molar-refractivity contribution >= 4 is 17.7 Å². The normalized spacial score (nSPS) is 25.2. The average Bonchev–Trinajstić information content (AvgIpc) is 2.64. The molecule has 1 fully saturated rings. The highest BCUT2D eigenvalue weighted by Gasteiger charge is 2.31. The Morgan fingerprint density at radius 3 is 2.46 bits per heavy atom. The van der Waals surface area contributed by atoms with Crippen LogP contribution in [0.5, 0.6) is 0 Å². The van der Waals surface area contributed by atoms with Crippen molar-refractivity contribution in [2.45, 2.75) is 77.7 Å². The number of carbonyl (C=O) groups excluding carboxylic acids is 3. The molecular formula is C19H35N3O4. The van der Waals surface area contributed by atoms with E-state index < -0.39 is 17.9 Å². The van der Waals surface area contributed by atoms with E-state index in [1.807, 2.05) is 13.8 Å². The summed E-state index contributed by atoms with van der Waals surface area (Å²) in [6.45, 7) is 4.64. The van der Waals surface area contributed by atoms with Crippen molar-refractivity contribution in [3.63, 3.8) is 0 Å². The highest BCUT2D eigenvalue weighted by molar-refractivity contribution is 5.90. The summed E-state index contributed by atoms with van der Waals surface area (Å²) in [6.07, 6.45) is 7.44. The lowest BCUT2D eigenvalue weighted by Crippen LogP contribution is -2.52. The first-order valence-corrected chi connectivity index (χ1v) is 9.89. The Bertz CT molecular complexity index is 470. The van der Waals surface area contributed by atoms with Crippen LogP contribution in [-0.4, -0.2) is 47.5 Å². The van der Waals surface area contributed by atoms with Crippen LogP contribution >= 0.6 is 0 Å². The van der Waals surface area contributed by atoms with Gasteiger partial charge in [0.1, 0.15) is 6.04 Å². The highest BCUT2D eigenvalue weighted by Crippen LogP contribution is 2.19. The van der Waals surface area contributed by atoms with Crippen molar-refractivity contribution in [1.29, 1.82) is 0 Å². The summed E-state index contributed by atoms with van der Waals surface area (Å²) in [7, 11) is 1.78. The maximum atomic E-state index is 12.8. The van der Waals surface area contributed by atoms with E-state index in [-0.39, 0.29) is 24.2 Å². The second-order valence-electron chi connectivity index (χ2n) is 7.48. The van der Waals surface area contributed by atoms with Gasteiger partial charge in [-0.15, -0.1) is 0 Å². The maximum absolute atomic E-state index is 12.8. The van der Waals surface area contributed by atoms with Crippen molar-refractivity contribution in [3.8, 4) is 0 Å². The van der Waals surface area contributed by atoms with Gasteiger partial charge in [0.15, 0.2) is 0 Å². The van der Waals surface area contributed by atoms with Gasteiger partial charge < -0.3 is 10.2 Å². The number of carbonyl (C=O) groups is 3. The molecule has 7 nitrogen and oxygen atoms in total. The molecule has 0 aromatic heterocycles. The largest absolute Gasteiger partial charge is 0.344 e. The number of nitrogens with one attached hydrogen (secondary N) is 2. The third-order valence-corrected chi connectivity index (χ3v) is 5.38. The molecule has 1 heterocycles. The van der Waals surface area contributed by atoms with E-state index in [2.05, 4.69) is 5.32 Å². The number of hydrogen-bond acceptors (Lipinski definition) is 4. The van der Waals surface area contributed by atoms with Crippen LogP contribution in [0, 0.1) is 11.8 Å². The summed E-state index contributed by atoms with van der Waals surface area (Å²) in [5.74, 6) is -1.45. The van der Waals surface area contributed by atoms with Gasteiger partial charge in [-0.3, -0.25) is 19.6 Å². The van der Waals surface area contributed by atoms with E-state index in [9.17, 15) is 14.4 Å². The standard InChI is InChI=1S/C19H35N3O4/c1-4-14(2)17-19(25)22(3)12-10-8-6-5-7-9-11-15(18(24)20-17)13-16(23)21-26/h14-15,17,26H,4-13H2,1-3H3,(H,20,24)(H,21,23). The van der Waals surface area contributed by atoms with Crippen LogP contribution in [0.15, 0.2) is 0 Å². The number of rotatable bonds is 4. The summed E-state index contributed by atoms with van der Waals surface area (Å²) in [4.78, 5) is 38.9. The molecule has 26 heavy (non-hydrogen) atoms. The van der Waals surface area contributed by atoms with Crippen LogP contribution in [-0.2, 0) is 14.4 Å². The van der Waals surface area contributed by atoms with E-state index in [0.29, 0.717) is 13.0 Å². The zero-order valence-corrected chi connectivity index (χ0v) is 16.4. The minimum absolute atomic E-state index is 0.00845. The van der Waals surface area contributed by atoms with E-state index in [0.717, 1.165) is 44.9 Å². The van der Waals surface area contributed by atoms with E-state index >= 15 is 0 Å². The third-order valence-electron chi connectivity index (χ3n) is 5.38. The topological polar surface area (TPSA) is 98.7 Å². The summed E-state index contributed by atoms with van der Waals surface area (Å²) in [5, 5.41) is 11.7. The molecule has 1 aliphatic heterocycles. The van der Waals surface area contributed by atoms with Gasteiger partial charge in [-0.25, -0.2) is 5.48 Å². The first-order valence-electron chi connectivity index (χ1n) is 9.89. The van der Waals surface area contributed by atoms with Crippen LogP contribution in [0.1, 0.15) is 71.6 Å². The predicted molar refractivity (Wildman–Crippen MR) is 99.4 cm³/mol. The summed E-state index contributed by atoms with van der Waals surface area (Å²) in [6, 6.07) is -0.583. The molecule has 0 radical (unpaired) electrons. The van der Waals surface area contributed by atoms with Crippen LogP contribution in [0.25, 0.3) is 0 Å². The van der Waals surface area contributed by atoms with Gasteiger partial charge in [0.2, 0.25) is 17.7 Å². The lowest BCUT2D eigenvalue weighted by Gasteiger charge is -2.30. The summed E-state index contributed by atoms with van der Waals surface area (Å²) < 4.78 is 0. The summed E-state index contributed by atoms with van der Waals surface area (Å²) >= 11 is 0. The van der Waals surface area contributed by atoms with Crippen molar-refractivity contribution in [2.75, 3.05) is 13.6 Å². The Morgan fingerprint density at radius 1 is 1.23 bits per heavy atom. The Kier molecular flexibility index (Phi) is 10.2. The van der Waals surface area contributed by atoms with Gasteiger partial charge in [0.05, 0.1) is 0 Å². The highest BCUT2D eigenvalue weighted by atomic mass is 16.5. The molecule has 3 N–H and O–H groups in total. The molecule has 0 aromatic carbocycles. The molecular weight excluding hydrogens is 334 g/mol. The molecule has 1 aliphatic rings. The van der Waals surface area contributed by atoms with Crippen molar-refractivity contribution in [3.05, 3.63) is 0 Å². The SMILES string of the molecule is CCC(C)C1NC(=O)C(CC(=O)NO)CCCCCCCCN(C)C1=O. The average molecular weight is 370 g/mol. The Morgan fingerprint density at radius 2 is 1.85 bits per heavy atom. The molecule has 3 atom stereocenters. The lowest BCUT2D eigenvalue weighted by molar-refractivity contribution is -0.139. The van der Waals surface area contributed by atoms with Gasteiger partial charge in [0.25, 0.3) is 0 Å². The first kappa shape index (κ1) is 22.4. The van der Waals surface area contributed by atoms with Gasteiger partial charge in [-0.1, -0.05) is 52.4 Å². The number of amides is 3. The minimum Gasteiger partial charge on any atom is -0.344 e. The molecule has 0 bridgehead atoms. The lowest BCUT2D eigenvalue weighted by atomic mass is 9.93. The molecule has 1 saturated heterocycles. The van der Waals surface area contributed by atoms with Crippen molar-refractivity contribution in [1.82, 2.24) is 15.7 Å². The van der Waals surface area contributed by atoms with Gasteiger partial charge in [0, 0.05) is 25.9 Å². The van der Waals surface area contributed by atoms with Crippen LogP contribution < -0.4 is 10.8 Å². The second kappa shape index (κ2) is 11.9.